The molecule has 0 radical (unpaired) electrons. The first-order valence-corrected chi connectivity index (χ1v) is 9.00. The highest BCUT2D eigenvalue weighted by Crippen LogP contribution is 2.67. The molecule has 3 unspecified atom stereocenters. The van der Waals surface area contributed by atoms with Gasteiger partial charge >= 0.3 is 7.60 Å². The second kappa shape index (κ2) is 5.90. The van der Waals surface area contributed by atoms with Crippen LogP contribution in [0.5, 0.6) is 0 Å². The Morgan fingerprint density at radius 2 is 2.04 bits per heavy atom. The van der Waals surface area contributed by atoms with Crippen LogP contribution in [0, 0.1) is 11.6 Å². The molecule has 2 heterocycles. The number of nitrogens with zero attached hydrogens (tertiary/aromatic N) is 1. The van der Waals surface area contributed by atoms with Gasteiger partial charge in [0.15, 0.2) is 5.34 Å². The molecule has 2 fully saturated rings. The van der Waals surface area contributed by atoms with Crippen molar-refractivity contribution in [2.24, 2.45) is 0 Å². The van der Waals surface area contributed by atoms with Crippen LogP contribution in [0.25, 0.3) is 0 Å². The van der Waals surface area contributed by atoms with Crippen LogP contribution in [-0.2, 0) is 18.3 Å². The molecule has 1 aromatic carbocycles. The van der Waals surface area contributed by atoms with Gasteiger partial charge in [-0.2, -0.15) is 0 Å². The molecule has 3 atom stereocenters. The van der Waals surface area contributed by atoms with Crippen LogP contribution in [0.1, 0.15) is 31.6 Å². The number of fused-ring (bicyclic) bond motifs is 1. The molecule has 23 heavy (non-hydrogen) atoms. The molecule has 2 saturated heterocycles. The van der Waals surface area contributed by atoms with Crippen LogP contribution in [0.2, 0.25) is 0 Å². The zero-order valence-electron chi connectivity index (χ0n) is 13.3. The summed E-state index contributed by atoms with van der Waals surface area (Å²) in [7, 11) is -0.935. The molecule has 0 aliphatic carbocycles. The summed E-state index contributed by atoms with van der Waals surface area (Å²) in [6.07, 6.45) is 0.870. The number of hydrogen-bond donors (Lipinski definition) is 0. The Kier molecular flexibility index (Phi) is 4.36. The Hall–Kier alpha value is -0.850. The van der Waals surface area contributed by atoms with E-state index in [1.54, 1.807) is 6.92 Å². The first kappa shape index (κ1) is 17.0. The quantitative estimate of drug-likeness (QED) is 0.778. The van der Waals surface area contributed by atoms with E-state index in [9.17, 15) is 13.3 Å². The molecule has 0 amide bonds. The molecule has 2 aliphatic rings. The van der Waals surface area contributed by atoms with Crippen LogP contribution in [0.15, 0.2) is 18.2 Å². The maximum atomic E-state index is 14.2. The maximum Gasteiger partial charge on any atom is 0.363 e. The van der Waals surface area contributed by atoms with Crippen molar-refractivity contribution in [2.45, 2.75) is 37.4 Å². The Morgan fingerprint density at radius 3 is 2.65 bits per heavy atom. The van der Waals surface area contributed by atoms with Gasteiger partial charge in [0, 0.05) is 32.4 Å². The molecule has 0 bridgehead atoms. The third-order valence-electron chi connectivity index (χ3n) is 4.82. The van der Waals surface area contributed by atoms with Crippen LogP contribution in [0.4, 0.5) is 8.78 Å². The van der Waals surface area contributed by atoms with E-state index in [0.29, 0.717) is 6.54 Å². The van der Waals surface area contributed by atoms with Crippen LogP contribution in [0.3, 0.4) is 0 Å². The highest BCUT2D eigenvalue weighted by Gasteiger charge is 2.63. The standard InChI is InChI=1S/C15H20F2NO4P/c1-15(23(19,20-2)21-3)13-5-4-8-18(13)14(22-15)11-7-6-10(16)9-12(11)17/h6-7,9,13-14H,4-5,8H2,1-3H3. The Morgan fingerprint density at radius 1 is 1.35 bits per heavy atom. The maximum absolute atomic E-state index is 14.2. The van der Waals surface area contributed by atoms with Crippen molar-refractivity contribution in [1.29, 1.82) is 0 Å². The van der Waals surface area contributed by atoms with Gasteiger partial charge in [-0.05, 0) is 31.9 Å². The summed E-state index contributed by atoms with van der Waals surface area (Å²) in [6, 6.07) is 3.16. The lowest BCUT2D eigenvalue weighted by Gasteiger charge is -2.34. The van der Waals surface area contributed by atoms with Crippen molar-refractivity contribution in [3.05, 3.63) is 35.4 Å². The summed E-state index contributed by atoms with van der Waals surface area (Å²) in [5, 5.41) is -1.21. The second-order valence-electron chi connectivity index (χ2n) is 5.95. The van der Waals surface area contributed by atoms with Gasteiger partial charge in [0.1, 0.15) is 17.9 Å². The number of rotatable bonds is 4. The van der Waals surface area contributed by atoms with Gasteiger partial charge in [0.2, 0.25) is 0 Å². The summed E-state index contributed by atoms with van der Waals surface area (Å²) in [5.41, 5.74) is 0.223. The second-order valence-corrected chi connectivity index (χ2v) is 8.56. The van der Waals surface area contributed by atoms with Crippen LogP contribution < -0.4 is 0 Å². The van der Waals surface area contributed by atoms with E-state index in [-0.39, 0.29) is 11.6 Å². The third kappa shape index (κ3) is 2.46. The molecule has 2 aliphatic heterocycles. The topological polar surface area (TPSA) is 48.0 Å². The smallest absolute Gasteiger partial charge is 0.338 e. The van der Waals surface area contributed by atoms with E-state index in [2.05, 4.69) is 0 Å². The summed E-state index contributed by atoms with van der Waals surface area (Å²) >= 11 is 0. The fraction of sp³-hybridized carbons (Fsp3) is 0.600. The predicted octanol–water partition coefficient (Wildman–Crippen LogP) is 3.66. The van der Waals surface area contributed by atoms with Gasteiger partial charge in [-0.25, -0.2) is 8.78 Å². The van der Waals surface area contributed by atoms with Crippen LogP contribution in [-0.4, -0.2) is 37.0 Å². The summed E-state index contributed by atoms with van der Waals surface area (Å²) < 4.78 is 56.7. The number of halogens is 2. The summed E-state index contributed by atoms with van der Waals surface area (Å²) in [4.78, 5) is 1.95. The minimum atomic E-state index is -3.55. The fourth-order valence-corrected chi connectivity index (χ4v) is 5.39. The van der Waals surface area contributed by atoms with E-state index in [1.807, 2.05) is 4.90 Å². The Labute approximate surface area is 134 Å². The van der Waals surface area contributed by atoms with Crippen molar-refractivity contribution in [2.75, 3.05) is 20.8 Å². The molecule has 3 rings (SSSR count). The fourth-order valence-electron chi connectivity index (χ4n) is 3.65. The summed E-state index contributed by atoms with van der Waals surface area (Å²) in [5.74, 6) is -1.33. The minimum absolute atomic E-state index is 0.220. The van der Waals surface area contributed by atoms with Gasteiger partial charge in [-0.3, -0.25) is 9.46 Å². The van der Waals surface area contributed by atoms with Crippen LogP contribution >= 0.6 is 7.60 Å². The van der Waals surface area contributed by atoms with Crippen molar-refractivity contribution >= 4 is 7.60 Å². The van der Waals surface area contributed by atoms with E-state index >= 15 is 0 Å². The number of ether oxygens (including phenoxy) is 1. The zero-order chi connectivity index (χ0) is 16.8. The molecule has 5 nitrogen and oxygen atoms in total. The molecule has 8 heteroatoms. The molecule has 1 aromatic rings. The van der Waals surface area contributed by atoms with Gasteiger partial charge in [-0.15, -0.1) is 0 Å². The molecule has 128 valence electrons. The van der Waals surface area contributed by atoms with Crippen molar-refractivity contribution in [1.82, 2.24) is 4.90 Å². The monoisotopic (exact) mass is 347 g/mol. The number of hydrogen-bond acceptors (Lipinski definition) is 5. The van der Waals surface area contributed by atoms with E-state index < -0.39 is 30.8 Å². The highest BCUT2D eigenvalue weighted by molar-refractivity contribution is 7.55. The van der Waals surface area contributed by atoms with Gasteiger partial charge in [0.25, 0.3) is 0 Å². The molecular weight excluding hydrogens is 327 g/mol. The predicted molar refractivity (Wildman–Crippen MR) is 79.9 cm³/mol. The van der Waals surface area contributed by atoms with Gasteiger partial charge in [-0.1, -0.05) is 0 Å². The normalized spacial score (nSPS) is 31.5. The Bertz CT molecular complexity index is 650. The molecule has 0 aromatic heterocycles. The van der Waals surface area contributed by atoms with Crippen molar-refractivity contribution in [3.63, 3.8) is 0 Å². The minimum Gasteiger partial charge on any atom is -0.338 e. The largest absolute Gasteiger partial charge is 0.363 e. The lowest BCUT2D eigenvalue weighted by atomic mass is 10.1. The van der Waals surface area contributed by atoms with Gasteiger partial charge in [0.05, 0.1) is 6.04 Å². The van der Waals surface area contributed by atoms with E-state index in [4.69, 9.17) is 13.8 Å². The first-order valence-electron chi connectivity index (χ1n) is 7.46. The molecule has 0 N–H and O–H groups in total. The van der Waals surface area contributed by atoms with Crippen molar-refractivity contribution < 1.29 is 27.1 Å². The average Bonchev–Trinajstić information content (AvgIpc) is 3.11. The Balaban J connectivity index is 2.03. The third-order valence-corrected chi connectivity index (χ3v) is 7.27. The van der Waals surface area contributed by atoms with Gasteiger partial charge < -0.3 is 13.8 Å². The molecule has 0 spiro atoms. The highest BCUT2D eigenvalue weighted by atomic mass is 31.2. The molecule has 0 saturated carbocycles. The molecular formula is C15H20F2NO4P. The summed E-state index contributed by atoms with van der Waals surface area (Å²) in [6.45, 7) is 2.35. The van der Waals surface area contributed by atoms with E-state index in [0.717, 1.165) is 18.9 Å². The lowest BCUT2D eigenvalue weighted by molar-refractivity contribution is -0.0293. The van der Waals surface area contributed by atoms with Crippen molar-refractivity contribution in [3.8, 4) is 0 Å². The lowest BCUT2D eigenvalue weighted by Crippen LogP contribution is -2.40. The first-order chi connectivity index (χ1) is 10.9. The number of benzene rings is 1. The average molecular weight is 347 g/mol. The SMILES string of the molecule is COP(=O)(OC)C1(C)OC(c2ccc(F)cc2F)N2CCCC21. The van der Waals surface area contributed by atoms with E-state index in [1.165, 1.54) is 26.4 Å². The zero-order valence-corrected chi connectivity index (χ0v) is 14.2.